The minimum atomic E-state index is 0.424. The molecule has 0 aliphatic rings. The van der Waals surface area contributed by atoms with E-state index in [1.165, 1.54) is 11.8 Å². The van der Waals surface area contributed by atoms with E-state index in [9.17, 15) is 0 Å². The minimum Gasteiger partial charge on any atom is -0.192 e. The van der Waals surface area contributed by atoms with Crippen LogP contribution in [0.25, 0.3) is 0 Å². The van der Waals surface area contributed by atoms with E-state index in [1.807, 2.05) is 42.5 Å². The molecule has 0 saturated carbocycles. The molecule has 0 bridgehead atoms. The number of nitrogens with zero attached hydrogens (tertiary/aromatic N) is 2. The number of hydrogen-bond acceptors (Lipinski definition) is 3. The highest BCUT2D eigenvalue weighted by atomic mass is 32.2. The molecule has 0 aliphatic carbocycles. The Balaban J connectivity index is 2.41. The summed E-state index contributed by atoms with van der Waals surface area (Å²) in [6, 6.07) is 19.2. The standard InChI is InChI=1S/C14H8N2S/c15-9-11-5-4-8-14(13(11)10-16)17-12-6-2-1-3-7-12/h1-8H. The lowest BCUT2D eigenvalue weighted by Crippen LogP contribution is -1.86. The van der Waals surface area contributed by atoms with E-state index in [4.69, 9.17) is 10.5 Å². The van der Waals surface area contributed by atoms with Crippen molar-refractivity contribution in [3.63, 3.8) is 0 Å². The molecule has 0 radical (unpaired) electrons. The molecule has 0 N–H and O–H groups in total. The molecule has 0 saturated heterocycles. The quantitative estimate of drug-likeness (QED) is 0.800. The number of benzene rings is 2. The second-order valence-corrected chi connectivity index (χ2v) is 4.43. The van der Waals surface area contributed by atoms with E-state index < -0.39 is 0 Å². The predicted octanol–water partition coefficient (Wildman–Crippen LogP) is 3.58. The van der Waals surface area contributed by atoms with Crippen LogP contribution in [0.2, 0.25) is 0 Å². The fourth-order valence-electron chi connectivity index (χ4n) is 1.44. The lowest BCUT2D eigenvalue weighted by atomic mass is 10.1. The summed E-state index contributed by atoms with van der Waals surface area (Å²) in [7, 11) is 0. The molecule has 0 fully saturated rings. The van der Waals surface area contributed by atoms with E-state index >= 15 is 0 Å². The van der Waals surface area contributed by atoms with Crippen molar-refractivity contribution in [2.45, 2.75) is 9.79 Å². The maximum Gasteiger partial charge on any atom is 0.102 e. The van der Waals surface area contributed by atoms with Gasteiger partial charge >= 0.3 is 0 Å². The van der Waals surface area contributed by atoms with Gasteiger partial charge in [-0.3, -0.25) is 0 Å². The lowest BCUT2D eigenvalue weighted by molar-refractivity contribution is 1.32. The molecule has 2 aromatic carbocycles. The Kier molecular flexibility index (Phi) is 3.45. The molecule has 2 rings (SSSR count). The third-order valence-corrected chi connectivity index (χ3v) is 3.30. The van der Waals surface area contributed by atoms with Crippen LogP contribution in [0.1, 0.15) is 11.1 Å². The van der Waals surface area contributed by atoms with Gasteiger partial charge in [-0.25, -0.2) is 0 Å². The van der Waals surface area contributed by atoms with E-state index in [2.05, 4.69) is 6.07 Å². The first-order chi connectivity index (χ1) is 8.35. The average molecular weight is 236 g/mol. The molecule has 0 atom stereocenters. The summed E-state index contributed by atoms with van der Waals surface area (Å²) in [6.45, 7) is 0. The summed E-state index contributed by atoms with van der Waals surface area (Å²) >= 11 is 1.49. The Labute approximate surface area is 104 Å². The summed E-state index contributed by atoms with van der Waals surface area (Å²) < 4.78 is 0. The second kappa shape index (κ2) is 5.21. The molecular formula is C14H8N2S. The molecule has 3 heteroatoms. The van der Waals surface area contributed by atoms with Crippen molar-refractivity contribution in [2.75, 3.05) is 0 Å². The van der Waals surface area contributed by atoms with Crippen LogP contribution in [-0.2, 0) is 0 Å². The number of rotatable bonds is 2. The zero-order chi connectivity index (χ0) is 12.1. The van der Waals surface area contributed by atoms with Crippen LogP contribution in [0.5, 0.6) is 0 Å². The van der Waals surface area contributed by atoms with Gasteiger partial charge in [0.2, 0.25) is 0 Å². The van der Waals surface area contributed by atoms with Gasteiger partial charge in [-0.05, 0) is 24.3 Å². The van der Waals surface area contributed by atoms with Crippen molar-refractivity contribution in [1.29, 1.82) is 10.5 Å². The van der Waals surface area contributed by atoms with Gasteiger partial charge in [0.05, 0.1) is 11.1 Å². The van der Waals surface area contributed by atoms with Crippen LogP contribution in [0.4, 0.5) is 0 Å². The van der Waals surface area contributed by atoms with Crippen molar-refractivity contribution in [3.8, 4) is 12.1 Å². The molecule has 0 unspecified atom stereocenters. The molecule has 2 aromatic rings. The summed E-state index contributed by atoms with van der Waals surface area (Å²) in [5.74, 6) is 0. The predicted molar refractivity (Wildman–Crippen MR) is 66.4 cm³/mol. The van der Waals surface area contributed by atoms with E-state index in [1.54, 1.807) is 12.1 Å². The fraction of sp³-hybridized carbons (Fsp3) is 0. The highest BCUT2D eigenvalue weighted by Crippen LogP contribution is 2.31. The smallest absolute Gasteiger partial charge is 0.102 e. The van der Waals surface area contributed by atoms with Crippen molar-refractivity contribution in [1.82, 2.24) is 0 Å². The molecule has 0 aromatic heterocycles. The van der Waals surface area contributed by atoms with E-state index in [0.29, 0.717) is 11.1 Å². The van der Waals surface area contributed by atoms with Gasteiger partial charge in [0.1, 0.15) is 12.1 Å². The lowest BCUT2D eigenvalue weighted by Gasteiger charge is -2.04. The molecule has 0 aliphatic heterocycles. The van der Waals surface area contributed by atoms with Gasteiger partial charge < -0.3 is 0 Å². The van der Waals surface area contributed by atoms with Crippen LogP contribution in [0.3, 0.4) is 0 Å². The fourth-order valence-corrected chi connectivity index (χ4v) is 2.39. The van der Waals surface area contributed by atoms with Crippen molar-refractivity contribution in [2.24, 2.45) is 0 Å². The first-order valence-electron chi connectivity index (χ1n) is 5.01. The van der Waals surface area contributed by atoms with Gasteiger partial charge in [-0.15, -0.1) is 0 Å². The van der Waals surface area contributed by atoms with Gasteiger partial charge in [-0.2, -0.15) is 10.5 Å². The minimum absolute atomic E-state index is 0.424. The Bertz CT molecular complexity index is 606. The third-order valence-electron chi connectivity index (χ3n) is 2.23. The number of nitriles is 2. The van der Waals surface area contributed by atoms with Crippen LogP contribution in [-0.4, -0.2) is 0 Å². The normalized spacial score (nSPS) is 9.29. The van der Waals surface area contributed by atoms with Crippen LogP contribution >= 0.6 is 11.8 Å². The average Bonchev–Trinajstić information content (AvgIpc) is 2.39. The molecular weight excluding hydrogens is 228 g/mol. The number of hydrogen-bond donors (Lipinski definition) is 0. The molecule has 17 heavy (non-hydrogen) atoms. The van der Waals surface area contributed by atoms with Gasteiger partial charge in [-0.1, -0.05) is 36.0 Å². The topological polar surface area (TPSA) is 47.6 Å². The zero-order valence-corrected chi connectivity index (χ0v) is 9.74. The van der Waals surface area contributed by atoms with Crippen LogP contribution in [0, 0.1) is 22.7 Å². The van der Waals surface area contributed by atoms with Crippen molar-refractivity contribution >= 4 is 11.8 Å². The summed E-state index contributed by atoms with van der Waals surface area (Å²) in [6.07, 6.45) is 0. The van der Waals surface area contributed by atoms with E-state index in [0.717, 1.165) is 9.79 Å². The summed E-state index contributed by atoms with van der Waals surface area (Å²) in [5, 5.41) is 18.0. The molecule has 0 spiro atoms. The van der Waals surface area contributed by atoms with Crippen LogP contribution < -0.4 is 0 Å². The SMILES string of the molecule is N#Cc1cccc(Sc2ccccc2)c1C#N. The zero-order valence-electron chi connectivity index (χ0n) is 8.92. The molecule has 2 nitrogen and oxygen atoms in total. The second-order valence-electron chi connectivity index (χ2n) is 3.32. The Morgan fingerprint density at radius 3 is 2.24 bits per heavy atom. The Morgan fingerprint density at radius 2 is 1.59 bits per heavy atom. The summed E-state index contributed by atoms with van der Waals surface area (Å²) in [4.78, 5) is 1.87. The Hall–Kier alpha value is -2.23. The third kappa shape index (κ3) is 2.47. The molecule has 80 valence electrons. The molecule has 0 heterocycles. The highest BCUT2D eigenvalue weighted by Gasteiger charge is 2.08. The van der Waals surface area contributed by atoms with Gasteiger partial charge in [0.25, 0.3) is 0 Å². The van der Waals surface area contributed by atoms with Gasteiger partial charge in [0, 0.05) is 9.79 Å². The monoisotopic (exact) mass is 236 g/mol. The largest absolute Gasteiger partial charge is 0.192 e. The van der Waals surface area contributed by atoms with E-state index in [-0.39, 0.29) is 0 Å². The van der Waals surface area contributed by atoms with Crippen LogP contribution in [0.15, 0.2) is 58.3 Å². The maximum absolute atomic E-state index is 9.09. The van der Waals surface area contributed by atoms with Crippen molar-refractivity contribution in [3.05, 3.63) is 59.7 Å². The summed E-state index contributed by atoms with van der Waals surface area (Å²) in [5.41, 5.74) is 0.872. The maximum atomic E-state index is 9.09. The first kappa shape index (κ1) is 11.3. The molecule has 0 amide bonds. The Morgan fingerprint density at radius 1 is 0.824 bits per heavy atom. The van der Waals surface area contributed by atoms with Crippen molar-refractivity contribution < 1.29 is 0 Å². The van der Waals surface area contributed by atoms with Gasteiger partial charge in [0.15, 0.2) is 0 Å². The highest BCUT2D eigenvalue weighted by molar-refractivity contribution is 7.99. The first-order valence-corrected chi connectivity index (χ1v) is 5.83.